The molecule has 112 valence electrons. The summed E-state index contributed by atoms with van der Waals surface area (Å²) in [6.45, 7) is 2.32. The molecule has 2 atom stereocenters. The minimum atomic E-state index is -0.790. The van der Waals surface area contributed by atoms with Gasteiger partial charge in [0.25, 0.3) is 0 Å². The van der Waals surface area contributed by atoms with Crippen LogP contribution in [0.3, 0.4) is 0 Å². The third-order valence-corrected chi connectivity index (χ3v) is 4.28. The van der Waals surface area contributed by atoms with E-state index in [4.69, 9.17) is 4.74 Å². The first kappa shape index (κ1) is 13.3. The Bertz CT molecular complexity index is 857. The van der Waals surface area contributed by atoms with E-state index in [-0.39, 0.29) is 6.04 Å². The van der Waals surface area contributed by atoms with E-state index in [1.165, 1.54) is 12.1 Å². The highest BCUT2D eigenvalue weighted by Gasteiger charge is 2.53. The van der Waals surface area contributed by atoms with Crippen LogP contribution in [0, 0.1) is 11.6 Å². The molecule has 0 spiro atoms. The molecular formula is C16H13F2N3O. The summed E-state index contributed by atoms with van der Waals surface area (Å²) in [6.07, 6.45) is 3.35. The standard InChI is InChI=1S/C16H13F2N3O/c1-10(21-9-20-15-14(21)3-2-6-19-15)16(8-22-16)12-5-4-11(17)7-13(12)18/h2-7,9-10H,8H2,1H3/t10-,16-/m1/s1. The molecule has 0 saturated carbocycles. The first-order valence-corrected chi connectivity index (χ1v) is 6.99. The molecule has 4 nitrogen and oxygen atoms in total. The van der Waals surface area contributed by atoms with E-state index >= 15 is 0 Å². The van der Waals surface area contributed by atoms with Gasteiger partial charge in [0.1, 0.15) is 17.2 Å². The Morgan fingerprint density at radius 2 is 2.09 bits per heavy atom. The van der Waals surface area contributed by atoms with Gasteiger partial charge in [0.2, 0.25) is 0 Å². The lowest BCUT2D eigenvalue weighted by Gasteiger charge is -2.23. The van der Waals surface area contributed by atoms with Crippen molar-refractivity contribution in [3.05, 3.63) is 60.1 Å². The van der Waals surface area contributed by atoms with E-state index in [0.29, 0.717) is 17.8 Å². The van der Waals surface area contributed by atoms with Crippen molar-refractivity contribution in [2.75, 3.05) is 6.61 Å². The fourth-order valence-electron chi connectivity index (χ4n) is 2.93. The maximum absolute atomic E-state index is 14.1. The van der Waals surface area contributed by atoms with Gasteiger partial charge in [-0.15, -0.1) is 0 Å². The van der Waals surface area contributed by atoms with Gasteiger partial charge in [-0.1, -0.05) is 6.07 Å². The first-order chi connectivity index (χ1) is 10.6. The largest absolute Gasteiger partial charge is 0.362 e. The van der Waals surface area contributed by atoms with Crippen LogP contribution in [0.2, 0.25) is 0 Å². The lowest BCUT2D eigenvalue weighted by Crippen LogP contribution is -2.24. The summed E-state index contributed by atoms with van der Waals surface area (Å²) >= 11 is 0. The number of pyridine rings is 1. The number of hydrogen-bond donors (Lipinski definition) is 0. The zero-order chi connectivity index (χ0) is 15.3. The van der Waals surface area contributed by atoms with Crippen LogP contribution in [0.15, 0.2) is 42.9 Å². The minimum Gasteiger partial charge on any atom is -0.362 e. The second-order valence-corrected chi connectivity index (χ2v) is 5.48. The molecule has 2 aromatic heterocycles. The number of rotatable bonds is 3. The van der Waals surface area contributed by atoms with Gasteiger partial charge in [0.05, 0.1) is 24.5 Å². The van der Waals surface area contributed by atoms with Crippen molar-refractivity contribution in [1.29, 1.82) is 0 Å². The monoisotopic (exact) mass is 301 g/mol. The Hall–Kier alpha value is -2.34. The van der Waals surface area contributed by atoms with Crippen molar-refractivity contribution in [1.82, 2.24) is 14.5 Å². The smallest absolute Gasteiger partial charge is 0.177 e. The highest BCUT2D eigenvalue weighted by atomic mass is 19.1. The summed E-state index contributed by atoms with van der Waals surface area (Å²) in [7, 11) is 0. The van der Waals surface area contributed by atoms with Crippen LogP contribution >= 0.6 is 0 Å². The molecule has 4 rings (SSSR count). The van der Waals surface area contributed by atoms with E-state index in [0.717, 1.165) is 11.6 Å². The Morgan fingerprint density at radius 3 is 2.82 bits per heavy atom. The number of fused-ring (bicyclic) bond motifs is 1. The summed E-state index contributed by atoms with van der Waals surface area (Å²) in [4.78, 5) is 8.45. The molecule has 0 amide bonds. The summed E-state index contributed by atoms with van der Waals surface area (Å²) in [5.41, 5.74) is 1.06. The van der Waals surface area contributed by atoms with Crippen molar-refractivity contribution in [2.24, 2.45) is 0 Å². The van der Waals surface area contributed by atoms with Crippen LogP contribution in [0.25, 0.3) is 11.2 Å². The van der Waals surface area contributed by atoms with Gasteiger partial charge >= 0.3 is 0 Å². The number of aromatic nitrogens is 3. The molecule has 3 heterocycles. The Labute approximate surface area is 125 Å². The van der Waals surface area contributed by atoms with Crippen molar-refractivity contribution in [2.45, 2.75) is 18.6 Å². The van der Waals surface area contributed by atoms with Crippen LogP contribution in [0.1, 0.15) is 18.5 Å². The van der Waals surface area contributed by atoms with E-state index < -0.39 is 17.2 Å². The van der Waals surface area contributed by atoms with E-state index in [1.807, 2.05) is 23.6 Å². The van der Waals surface area contributed by atoms with E-state index in [2.05, 4.69) is 9.97 Å². The fourth-order valence-corrected chi connectivity index (χ4v) is 2.93. The molecule has 1 aliphatic rings. The maximum Gasteiger partial charge on any atom is 0.177 e. The molecule has 1 saturated heterocycles. The summed E-state index contributed by atoms with van der Waals surface area (Å²) in [5, 5.41) is 0. The third kappa shape index (κ3) is 1.84. The summed E-state index contributed by atoms with van der Waals surface area (Å²) in [5.74, 6) is -1.19. The highest BCUT2D eigenvalue weighted by molar-refractivity contribution is 5.70. The van der Waals surface area contributed by atoms with Gasteiger partial charge in [0, 0.05) is 17.8 Å². The molecule has 0 radical (unpaired) electrons. The third-order valence-electron chi connectivity index (χ3n) is 4.28. The molecule has 0 unspecified atom stereocenters. The molecule has 0 aliphatic carbocycles. The molecule has 22 heavy (non-hydrogen) atoms. The molecule has 0 bridgehead atoms. The topological polar surface area (TPSA) is 43.2 Å². The zero-order valence-electron chi connectivity index (χ0n) is 11.8. The summed E-state index contributed by atoms with van der Waals surface area (Å²) in [6, 6.07) is 7.13. The van der Waals surface area contributed by atoms with Gasteiger partial charge in [-0.25, -0.2) is 18.7 Å². The Balaban J connectivity index is 1.80. The second kappa shape index (κ2) is 4.58. The fraction of sp³-hybridized carbons (Fsp3) is 0.250. The van der Waals surface area contributed by atoms with Crippen LogP contribution in [-0.2, 0) is 10.3 Å². The molecule has 3 aromatic rings. The molecule has 1 aromatic carbocycles. The number of imidazole rings is 1. The van der Waals surface area contributed by atoms with E-state index in [9.17, 15) is 8.78 Å². The number of ether oxygens (including phenoxy) is 1. The number of hydrogen-bond acceptors (Lipinski definition) is 3. The molecular weight excluding hydrogens is 288 g/mol. The van der Waals surface area contributed by atoms with Crippen molar-refractivity contribution in [3.8, 4) is 0 Å². The zero-order valence-corrected chi connectivity index (χ0v) is 11.8. The Kier molecular flexibility index (Phi) is 2.77. The molecule has 0 N–H and O–H groups in total. The minimum absolute atomic E-state index is 0.193. The average molecular weight is 301 g/mol. The second-order valence-electron chi connectivity index (χ2n) is 5.48. The Morgan fingerprint density at radius 1 is 1.27 bits per heavy atom. The average Bonchev–Trinajstić information content (AvgIpc) is 3.19. The van der Waals surface area contributed by atoms with Crippen molar-refractivity contribution in [3.63, 3.8) is 0 Å². The van der Waals surface area contributed by atoms with Gasteiger partial charge in [-0.2, -0.15) is 0 Å². The molecule has 6 heteroatoms. The van der Waals surface area contributed by atoms with E-state index in [1.54, 1.807) is 12.5 Å². The van der Waals surface area contributed by atoms with Gasteiger partial charge < -0.3 is 9.30 Å². The number of nitrogens with zero attached hydrogens (tertiary/aromatic N) is 3. The molecule has 1 fully saturated rings. The SMILES string of the molecule is C[C@@H](n1cnc2ncccc21)[C@@]1(c2ccc(F)cc2F)CO1. The predicted molar refractivity (Wildman–Crippen MR) is 76.2 cm³/mol. The van der Waals surface area contributed by atoms with Gasteiger partial charge in [-0.05, 0) is 25.1 Å². The lowest BCUT2D eigenvalue weighted by atomic mass is 9.92. The maximum atomic E-state index is 14.1. The van der Waals surface area contributed by atoms with Crippen LogP contribution in [0.4, 0.5) is 8.78 Å². The van der Waals surface area contributed by atoms with Crippen LogP contribution in [0.5, 0.6) is 0 Å². The predicted octanol–water partition coefficient (Wildman–Crippen LogP) is 3.20. The van der Waals surface area contributed by atoms with Crippen LogP contribution < -0.4 is 0 Å². The first-order valence-electron chi connectivity index (χ1n) is 6.99. The molecule has 1 aliphatic heterocycles. The quantitative estimate of drug-likeness (QED) is 0.698. The van der Waals surface area contributed by atoms with Crippen molar-refractivity contribution >= 4 is 11.2 Å². The lowest BCUT2D eigenvalue weighted by molar-refractivity contribution is 0.228. The normalized spacial score (nSPS) is 22.0. The number of epoxide rings is 1. The van der Waals surface area contributed by atoms with Crippen LogP contribution in [-0.4, -0.2) is 21.1 Å². The summed E-state index contributed by atoms with van der Waals surface area (Å²) < 4.78 is 34.8. The number of halogens is 2. The highest BCUT2D eigenvalue weighted by Crippen LogP contribution is 2.49. The van der Waals surface area contributed by atoms with Crippen molar-refractivity contribution < 1.29 is 13.5 Å². The number of benzene rings is 1. The van der Waals surface area contributed by atoms with Gasteiger partial charge in [-0.3, -0.25) is 0 Å². The van der Waals surface area contributed by atoms with Gasteiger partial charge in [0.15, 0.2) is 5.65 Å².